The van der Waals surface area contributed by atoms with Crippen molar-refractivity contribution in [2.24, 2.45) is 0 Å². The highest BCUT2D eigenvalue weighted by Crippen LogP contribution is 2.48. The van der Waals surface area contributed by atoms with Crippen molar-refractivity contribution in [3.63, 3.8) is 0 Å². The molecule has 3 saturated heterocycles. The van der Waals surface area contributed by atoms with Gasteiger partial charge in [0, 0.05) is 6.42 Å². The van der Waals surface area contributed by atoms with Crippen LogP contribution in [-0.4, -0.2) is 65.2 Å². The van der Waals surface area contributed by atoms with Crippen LogP contribution in [0, 0.1) is 0 Å². The second-order valence-electron chi connectivity index (χ2n) is 7.24. The van der Waals surface area contributed by atoms with E-state index in [9.17, 15) is 4.79 Å². The number of hydrogen-bond acceptors (Lipinski definition) is 8. The molecule has 0 spiro atoms. The zero-order chi connectivity index (χ0) is 17.8. The van der Waals surface area contributed by atoms with Crippen LogP contribution in [0.15, 0.2) is 0 Å². The summed E-state index contributed by atoms with van der Waals surface area (Å²) in [5.41, 5.74) is 0. The second-order valence-corrected chi connectivity index (χ2v) is 9.71. The van der Waals surface area contributed by atoms with Crippen molar-refractivity contribution in [1.29, 1.82) is 0 Å². The summed E-state index contributed by atoms with van der Waals surface area (Å²) in [5, 5.41) is 0. The summed E-state index contributed by atoms with van der Waals surface area (Å²) in [6.45, 7) is 7.93. The van der Waals surface area contributed by atoms with Gasteiger partial charge in [-0.1, -0.05) is 0 Å². The van der Waals surface area contributed by atoms with E-state index in [1.54, 1.807) is 0 Å². The molecule has 0 aliphatic carbocycles. The van der Waals surface area contributed by atoms with Crippen LogP contribution in [0.25, 0.3) is 0 Å². The van der Waals surface area contributed by atoms with E-state index in [2.05, 4.69) is 0 Å². The number of thioether (sulfide) groups is 2. The van der Waals surface area contributed by atoms with Gasteiger partial charge in [0.15, 0.2) is 15.7 Å². The fourth-order valence-electron chi connectivity index (χ4n) is 3.49. The van der Waals surface area contributed by atoms with Crippen LogP contribution in [0.1, 0.15) is 34.1 Å². The Balaban J connectivity index is 1.79. The zero-order valence-corrected chi connectivity index (χ0v) is 16.6. The van der Waals surface area contributed by atoms with Crippen LogP contribution < -0.4 is 0 Å². The minimum atomic E-state index is -0.748. The van der Waals surface area contributed by atoms with E-state index in [4.69, 9.17) is 23.7 Å². The molecule has 0 unspecified atom stereocenters. The van der Waals surface area contributed by atoms with Crippen LogP contribution >= 0.6 is 23.5 Å². The quantitative estimate of drug-likeness (QED) is 0.546. The summed E-state index contributed by atoms with van der Waals surface area (Å²) in [6.07, 6.45) is 3.16. The van der Waals surface area contributed by atoms with Gasteiger partial charge in [-0.3, -0.25) is 0 Å². The highest BCUT2D eigenvalue weighted by atomic mass is 32.2. The molecule has 0 aromatic heterocycles. The molecular formula is C16H26O6S2. The van der Waals surface area contributed by atoms with Crippen molar-refractivity contribution < 1.29 is 28.5 Å². The largest absolute Gasteiger partial charge is 0.458 e. The van der Waals surface area contributed by atoms with E-state index in [1.807, 2.05) is 40.2 Å². The summed E-state index contributed by atoms with van der Waals surface area (Å²) < 4.78 is 29.0. The third kappa shape index (κ3) is 3.33. The van der Waals surface area contributed by atoms with Crippen molar-refractivity contribution in [3.05, 3.63) is 0 Å². The molecule has 138 valence electrons. The Bertz CT molecular complexity index is 505. The van der Waals surface area contributed by atoms with Crippen LogP contribution in [0.3, 0.4) is 0 Å². The lowest BCUT2D eigenvalue weighted by molar-refractivity contribution is -0.175. The average molecular weight is 379 g/mol. The van der Waals surface area contributed by atoms with Crippen molar-refractivity contribution in [2.75, 3.05) is 19.1 Å². The molecule has 0 aromatic carbocycles. The summed E-state index contributed by atoms with van der Waals surface area (Å²) in [4.78, 5) is 12.4. The van der Waals surface area contributed by atoms with Gasteiger partial charge in [0.1, 0.15) is 24.4 Å². The van der Waals surface area contributed by atoms with Gasteiger partial charge < -0.3 is 23.7 Å². The van der Waals surface area contributed by atoms with E-state index in [0.29, 0.717) is 13.0 Å². The van der Waals surface area contributed by atoms with E-state index in [0.717, 1.165) is 0 Å². The van der Waals surface area contributed by atoms with E-state index in [1.165, 1.54) is 23.5 Å². The van der Waals surface area contributed by atoms with Crippen molar-refractivity contribution in [1.82, 2.24) is 0 Å². The van der Waals surface area contributed by atoms with Crippen LogP contribution in [0.4, 0.5) is 0 Å². The smallest absolute Gasteiger partial charge is 0.333 e. The number of ether oxygens (including phenoxy) is 5. The summed E-state index contributed by atoms with van der Waals surface area (Å²) in [7, 11) is 0. The Kier molecular flexibility index (Phi) is 4.95. The zero-order valence-electron chi connectivity index (χ0n) is 15.0. The number of carbonyl (C=O) groups is 1. The molecule has 8 heteroatoms. The van der Waals surface area contributed by atoms with Crippen molar-refractivity contribution >= 4 is 29.5 Å². The maximum absolute atomic E-state index is 12.4. The monoisotopic (exact) mass is 378 g/mol. The van der Waals surface area contributed by atoms with Crippen LogP contribution in [-0.2, 0) is 28.5 Å². The first-order valence-corrected chi connectivity index (χ1v) is 10.6. The molecule has 3 heterocycles. The van der Waals surface area contributed by atoms with Crippen molar-refractivity contribution in [2.45, 2.75) is 74.2 Å². The Hall–Kier alpha value is 0.01000. The maximum Gasteiger partial charge on any atom is 0.333 e. The van der Waals surface area contributed by atoms with E-state index in [-0.39, 0.29) is 30.4 Å². The summed E-state index contributed by atoms with van der Waals surface area (Å²) >= 11 is 3.04. The van der Waals surface area contributed by atoms with Gasteiger partial charge in [0.25, 0.3) is 0 Å². The molecule has 3 rings (SSSR count). The minimum absolute atomic E-state index is 0.191. The molecule has 0 saturated carbocycles. The number of hydrogen-bond donors (Lipinski definition) is 0. The average Bonchev–Trinajstić information content (AvgIpc) is 3.12. The lowest BCUT2D eigenvalue weighted by Gasteiger charge is -2.26. The fourth-order valence-corrected chi connectivity index (χ4v) is 5.24. The molecule has 0 radical (unpaired) electrons. The first-order valence-electron chi connectivity index (χ1n) is 8.10. The molecule has 24 heavy (non-hydrogen) atoms. The second kappa shape index (κ2) is 6.32. The van der Waals surface area contributed by atoms with Gasteiger partial charge in [-0.2, -0.15) is 0 Å². The first-order chi connectivity index (χ1) is 11.1. The number of cyclic esters (lactones) is 1. The van der Waals surface area contributed by atoms with Gasteiger partial charge in [0.2, 0.25) is 0 Å². The highest BCUT2D eigenvalue weighted by Gasteiger charge is 2.58. The Labute approximate surface area is 151 Å². The number of esters is 1. The maximum atomic E-state index is 12.4. The standard InChI is InChI=1S/C16H26O6S2/c1-14(2)18-8-10(20-14)12-11(21-15(3,4)22-12)9-7-16(23-5,24-6)13(17)19-9/h9-12H,7-8H2,1-6H3/t9-,10-,11-,12-/m1/s1. The Morgan fingerprint density at radius 1 is 0.917 bits per heavy atom. The molecule has 3 aliphatic rings. The third-order valence-corrected chi connectivity index (χ3v) is 7.61. The lowest BCUT2D eigenvalue weighted by Crippen LogP contribution is -2.44. The Morgan fingerprint density at radius 3 is 1.96 bits per heavy atom. The normalized spacial score (nSPS) is 40.0. The Morgan fingerprint density at radius 2 is 1.50 bits per heavy atom. The van der Waals surface area contributed by atoms with Gasteiger partial charge in [-0.25, -0.2) is 4.79 Å². The molecule has 0 bridgehead atoms. The SMILES string of the molecule is CSC1(SC)C[C@H]([C@H]2OC(C)(C)O[C@@H]2[C@H]2COC(C)(C)O2)OC1=O. The summed E-state index contributed by atoms with van der Waals surface area (Å²) in [6, 6.07) is 0. The molecular weight excluding hydrogens is 352 g/mol. The van der Waals surface area contributed by atoms with Gasteiger partial charge >= 0.3 is 5.97 Å². The fraction of sp³-hybridized carbons (Fsp3) is 0.938. The predicted octanol–water partition coefficient (Wildman–Crippen LogP) is 2.40. The van der Waals surface area contributed by atoms with Gasteiger partial charge in [-0.15, -0.1) is 23.5 Å². The predicted molar refractivity (Wildman–Crippen MR) is 93.0 cm³/mol. The van der Waals surface area contributed by atoms with E-state index < -0.39 is 15.7 Å². The summed E-state index contributed by atoms with van der Waals surface area (Å²) in [5.74, 6) is -1.58. The highest BCUT2D eigenvalue weighted by molar-refractivity contribution is 8.18. The molecule has 0 N–H and O–H groups in total. The molecule has 0 aromatic rings. The van der Waals surface area contributed by atoms with Gasteiger partial charge in [0.05, 0.1) is 6.61 Å². The van der Waals surface area contributed by atoms with Gasteiger partial charge in [-0.05, 0) is 40.2 Å². The minimum Gasteiger partial charge on any atom is -0.458 e. The number of rotatable bonds is 4. The third-order valence-electron chi connectivity index (χ3n) is 4.63. The molecule has 6 nitrogen and oxygen atoms in total. The van der Waals surface area contributed by atoms with Crippen LogP contribution in [0.2, 0.25) is 0 Å². The number of carbonyl (C=O) groups excluding carboxylic acids is 1. The molecule has 4 atom stereocenters. The molecule has 0 amide bonds. The molecule has 3 fully saturated rings. The lowest BCUT2D eigenvalue weighted by atomic mass is 10.0. The van der Waals surface area contributed by atoms with E-state index >= 15 is 0 Å². The topological polar surface area (TPSA) is 63.2 Å². The first kappa shape index (κ1) is 18.8. The molecule has 3 aliphatic heterocycles. The van der Waals surface area contributed by atoms with Crippen molar-refractivity contribution in [3.8, 4) is 0 Å². The van der Waals surface area contributed by atoms with Crippen LogP contribution in [0.5, 0.6) is 0 Å².